The van der Waals surface area contributed by atoms with Crippen molar-refractivity contribution in [1.82, 2.24) is 20.4 Å². The number of rotatable bonds is 4. The van der Waals surface area contributed by atoms with E-state index in [-0.39, 0.29) is 24.3 Å². The maximum Gasteiger partial charge on any atom is 0.255 e. The monoisotopic (exact) mass is 344 g/mol. The van der Waals surface area contributed by atoms with Gasteiger partial charge >= 0.3 is 0 Å². The Labute approximate surface area is 144 Å². The van der Waals surface area contributed by atoms with E-state index in [1.54, 1.807) is 0 Å². The van der Waals surface area contributed by atoms with Crippen LogP contribution in [0.25, 0.3) is 0 Å². The van der Waals surface area contributed by atoms with E-state index in [1.165, 1.54) is 0 Å². The molecule has 2 aliphatic rings. The third-order valence-corrected chi connectivity index (χ3v) is 4.70. The maximum atomic E-state index is 12.6. The second-order valence-electron chi connectivity index (χ2n) is 6.49. The molecular weight excluding hydrogens is 324 g/mol. The Kier molecular flexibility index (Phi) is 4.12. The van der Waals surface area contributed by atoms with Crippen LogP contribution in [0.15, 0.2) is 4.52 Å². The molecule has 25 heavy (non-hydrogen) atoms. The van der Waals surface area contributed by atoms with Crippen molar-refractivity contribution in [2.75, 3.05) is 6.61 Å². The molecule has 0 spiro atoms. The van der Waals surface area contributed by atoms with E-state index in [1.807, 2.05) is 6.92 Å². The van der Waals surface area contributed by atoms with Gasteiger partial charge in [0.1, 0.15) is 6.10 Å². The third-order valence-electron chi connectivity index (χ3n) is 4.70. The molecule has 0 bridgehead atoms. The maximum absolute atomic E-state index is 12.6. The van der Waals surface area contributed by atoms with E-state index < -0.39 is 0 Å². The predicted octanol–water partition coefficient (Wildman–Crippen LogP) is 2.01. The summed E-state index contributed by atoms with van der Waals surface area (Å²) in [6.45, 7) is 2.65. The van der Waals surface area contributed by atoms with E-state index in [0.717, 1.165) is 31.4 Å². The number of H-pyrrole nitrogens is 1. The van der Waals surface area contributed by atoms with E-state index in [2.05, 4.69) is 20.4 Å². The summed E-state index contributed by atoms with van der Waals surface area (Å²) in [7, 11) is 0. The number of aromatic nitrogens is 3. The minimum absolute atomic E-state index is 0.0241. The van der Waals surface area contributed by atoms with Gasteiger partial charge in [0.05, 0.1) is 17.7 Å². The predicted molar refractivity (Wildman–Crippen MR) is 86.2 cm³/mol. The molecule has 0 aromatic carbocycles. The Morgan fingerprint density at radius 2 is 2.24 bits per heavy atom. The molecule has 1 atom stereocenters. The first-order chi connectivity index (χ1) is 12.1. The van der Waals surface area contributed by atoms with Crippen molar-refractivity contribution in [3.05, 3.63) is 34.2 Å². The first kappa shape index (κ1) is 16.0. The zero-order valence-electron chi connectivity index (χ0n) is 14.1. The molecule has 1 aliphatic heterocycles. The Hall–Kier alpha value is -2.48. The number of aryl methyl sites for hydroxylation is 2. The van der Waals surface area contributed by atoms with Crippen molar-refractivity contribution in [3.8, 4) is 0 Å². The summed E-state index contributed by atoms with van der Waals surface area (Å²) in [6, 6.07) is 0. The van der Waals surface area contributed by atoms with Crippen molar-refractivity contribution < 1.29 is 18.8 Å². The van der Waals surface area contributed by atoms with Crippen LogP contribution in [0.4, 0.5) is 0 Å². The number of fused-ring (bicyclic) bond motifs is 1. The normalized spacial score (nSPS) is 19.9. The van der Waals surface area contributed by atoms with Crippen LogP contribution in [0.1, 0.15) is 75.6 Å². The molecular formula is C17H20N4O4. The Morgan fingerprint density at radius 1 is 1.36 bits per heavy atom. The summed E-state index contributed by atoms with van der Waals surface area (Å²) in [4.78, 5) is 32.2. The number of Topliss-reactive ketones (excluding diaryl/α,β-unsaturated/α-hetero) is 1. The molecule has 3 heterocycles. The summed E-state index contributed by atoms with van der Waals surface area (Å²) in [5.74, 6) is 0.573. The molecule has 8 nitrogen and oxygen atoms in total. The second-order valence-corrected chi connectivity index (χ2v) is 6.49. The molecule has 2 aromatic rings. The van der Waals surface area contributed by atoms with Crippen molar-refractivity contribution >= 4 is 11.7 Å². The second kappa shape index (κ2) is 6.44. The number of nitrogens with one attached hydrogen (secondary N) is 2. The molecule has 1 fully saturated rings. The number of aromatic amines is 1. The van der Waals surface area contributed by atoms with E-state index in [9.17, 15) is 9.59 Å². The van der Waals surface area contributed by atoms with Gasteiger partial charge in [-0.05, 0) is 32.6 Å². The summed E-state index contributed by atoms with van der Waals surface area (Å²) in [5, 5.41) is 6.66. The largest absolute Gasteiger partial charge is 0.368 e. The van der Waals surface area contributed by atoms with Gasteiger partial charge in [0.2, 0.25) is 0 Å². The van der Waals surface area contributed by atoms with Crippen LogP contribution in [-0.4, -0.2) is 33.4 Å². The van der Waals surface area contributed by atoms with Crippen LogP contribution in [-0.2, 0) is 17.7 Å². The first-order valence-corrected chi connectivity index (χ1v) is 8.60. The van der Waals surface area contributed by atoms with Crippen LogP contribution in [0.5, 0.6) is 0 Å². The van der Waals surface area contributed by atoms with Gasteiger partial charge in [-0.25, -0.2) is 0 Å². The molecule has 0 saturated carbocycles. The fraction of sp³-hybridized carbons (Fsp3) is 0.529. The SMILES string of the molecule is Cc1[nH]c2c(c1C(=O)NCc1noc([C@@H]3CCCO3)n1)C(=O)CCC2. The summed E-state index contributed by atoms with van der Waals surface area (Å²) in [5.41, 5.74) is 2.54. The van der Waals surface area contributed by atoms with Crippen molar-refractivity contribution in [2.45, 2.75) is 51.7 Å². The molecule has 132 valence electrons. The summed E-state index contributed by atoms with van der Waals surface area (Å²) in [6.07, 6.45) is 3.80. The average molecular weight is 344 g/mol. The number of carbonyl (C=O) groups is 2. The fourth-order valence-electron chi connectivity index (χ4n) is 3.51. The zero-order valence-corrected chi connectivity index (χ0v) is 14.1. The first-order valence-electron chi connectivity index (χ1n) is 8.60. The van der Waals surface area contributed by atoms with Gasteiger partial charge in [0, 0.05) is 24.4 Å². The highest BCUT2D eigenvalue weighted by molar-refractivity contribution is 6.10. The Bertz CT molecular complexity index is 817. The summed E-state index contributed by atoms with van der Waals surface area (Å²) < 4.78 is 10.7. The number of amides is 1. The Morgan fingerprint density at radius 3 is 3.04 bits per heavy atom. The van der Waals surface area contributed by atoms with E-state index in [0.29, 0.717) is 41.6 Å². The van der Waals surface area contributed by atoms with Gasteiger partial charge in [-0.2, -0.15) is 4.98 Å². The highest BCUT2D eigenvalue weighted by Crippen LogP contribution is 2.28. The minimum atomic E-state index is -0.297. The molecule has 2 N–H and O–H groups in total. The van der Waals surface area contributed by atoms with Crippen LogP contribution in [0.3, 0.4) is 0 Å². The molecule has 1 saturated heterocycles. The van der Waals surface area contributed by atoms with Crippen molar-refractivity contribution in [3.63, 3.8) is 0 Å². The van der Waals surface area contributed by atoms with Gasteiger partial charge in [-0.3, -0.25) is 9.59 Å². The van der Waals surface area contributed by atoms with Crippen LogP contribution < -0.4 is 5.32 Å². The number of nitrogens with zero attached hydrogens (tertiary/aromatic N) is 2. The van der Waals surface area contributed by atoms with Crippen LogP contribution in [0.2, 0.25) is 0 Å². The molecule has 2 aromatic heterocycles. The smallest absolute Gasteiger partial charge is 0.255 e. The molecule has 1 amide bonds. The van der Waals surface area contributed by atoms with Crippen molar-refractivity contribution in [2.24, 2.45) is 0 Å². The van der Waals surface area contributed by atoms with Gasteiger partial charge in [-0.1, -0.05) is 5.16 Å². The third kappa shape index (κ3) is 2.97. The fourth-order valence-corrected chi connectivity index (χ4v) is 3.51. The summed E-state index contributed by atoms with van der Waals surface area (Å²) >= 11 is 0. The Balaban J connectivity index is 1.46. The lowest BCUT2D eigenvalue weighted by Gasteiger charge is -2.11. The highest BCUT2D eigenvalue weighted by Gasteiger charge is 2.28. The number of hydrogen-bond acceptors (Lipinski definition) is 6. The minimum Gasteiger partial charge on any atom is -0.368 e. The molecule has 8 heteroatoms. The highest BCUT2D eigenvalue weighted by atomic mass is 16.5. The van der Waals surface area contributed by atoms with Gasteiger partial charge in [-0.15, -0.1) is 0 Å². The number of ether oxygens (including phenoxy) is 1. The lowest BCUT2D eigenvalue weighted by Crippen LogP contribution is -2.26. The topological polar surface area (TPSA) is 110 Å². The quantitative estimate of drug-likeness (QED) is 0.878. The van der Waals surface area contributed by atoms with Gasteiger partial charge < -0.3 is 19.6 Å². The number of ketones is 1. The van der Waals surface area contributed by atoms with Crippen molar-refractivity contribution in [1.29, 1.82) is 0 Å². The standard InChI is InChI=1S/C17H20N4O4/c1-9-14(15-10(19-9)4-2-5-11(15)22)16(23)18-8-13-20-17(25-21-13)12-6-3-7-24-12/h12,19H,2-8H2,1H3,(H,18,23)/t12-/m0/s1. The number of carbonyl (C=O) groups excluding carboxylic acids is 2. The lowest BCUT2D eigenvalue weighted by molar-refractivity contribution is 0.0835. The van der Waals surface area contributed by atoms with E-state index in [4.69, 9.17) is 9.26 Å². The van der Waals surface area contributed by atoms with Gasteiger partial charge in [0.15, 0.2) is 11.6 Å². The molecule has 1 aliphatic carbocycles. The number of hydrogen-bond donors (Lipinski definition) is 2. The van der Waals surface area contributed by atoms with Gasteiger partial charge in [0.25, 0.3) is 11.8 Å². The molecule has 0 radical (unpaired) electrons. The van der Waals surface area contributed by atoms with E-state index >= 15 is 0 Å². The average Bonchev–Trinajstić information content (AvgIpc) is 3.31. The van der Waals surface area contributed by atoms with Crippen LogP contribution >= 0.6 is 0 Å². The van der Waals surface area contributed by atoms with Crippen LogP contribution in [0, 0.1) is 6.92 Å². The lowest BCUT2D eigenvalue weighted by atomic mass is 9.93. The molecule has 0 unspecified atom stereocenters. The molecule has 4 rings (SSSR count). The zero-order chi connectivity index (χ0) is 17.4.